The van der Waals surface area contributed by atoms with Crippen LogP contribution in [0.1, 0.15) is 13.8 Å². The van der Waals surface area contributed by atoms with Gasteiger partial charge in [0.15, 0.2) is 18.9 Å². The first-order valence-electron chi connectivity index (χ1n) is 12.6. The average Bonchev–Trinajstić information content (AvgIpc) is 3.18. The minimum absolute atomic E-state index is 0.634. The van der Waals surface area contributed by atoms with Gasteiger partial charge in [-0.1, -0.05) is 0 Å². The zero-order valence-electron chi connectivity index (χ0n) is 21.7. The second-order valence-corrected chi connectivity index (χ2v) is 9.81. The van der Waals surface area contributed by atoms with Gasteiger partial charge in [-0.15, -0.1) is 0 Å². The number of ether oxygens (including phenoxy) is 5. The number of carbonyl (C=O) groups excluding carboxylic acids is 2. The predicted molar refractivity (Wildman–Crippen MR) is 124 cm³/mol. The molecule has 0 aromatic rings. The van der Waals surface area contributed by atoms with E-state index in [9.17, 15) is 55.5 Å². The monoisotopic (exact) mass is 586 g/mol. The van der Waals surface area contributed by atoms with Gasteiger partial charge in [-0.25, -0.2) is 0 Å². The van der Waals surface area contributed by atoms with Gasteiger partial charge in [0.1, 0.15) is 73.1 Å². The van der Waals surface area contributed by atoms with E-state index in [0.29, 0.717) is 0 Å². The fraction of sp³-hybridized carbons (Fsp3) is 0.909. The highest BCUT2D eigenvalue weighted by molar-refractivity contribution is 5.73. The Morgan fingerprint density at radius 1 is 0.725 bits per heavy atom. The quantitative estimate of drug-likeness (QED) is 0.113. The Morgan fingerprint density at radius 3 is 1.85 bits per heavy atom. The highest BCUT2D eigenvalue weighted by Gasteiger charge is 2.54. The Kier molecular flexibility index (Phi) is 11.5. The van der Waals surface area contributed by atoms with Gasteiger partial charge in [0.2, 0.25) is 11.8 Å². The Hall–Kier alpha value is -1.62. The van der Waals surface area contributed by atoms with Crippen molar-refractivity contribution in [1.29, 1.82) is 0 Å². The maximum atomic E-state index is 11.7. The summed E-state index contributed by atoms with van der Waals surface area (Å²) in [5.74, 6) is -1.27. The minimum atomic E-state index is -1.82. The molecule has 0 spiro atoms. The molecule has 0 radical (unpaired) electrons. The number of hydrogen-bond donors (Lipinski definition) is 11. The van der Waals surface area contributed by atoms with Crippen molar-refractivity contribution >= 4 is 11.8 Å². The second-order valence-electron chi connectivity index (χ2n) is 9.81. The van der Waals surface area contributed by atoms with E-state index in [2.05, 4.69) is 10.6 Å². The van der Waals surface area contributed by atoms with E-state index in [-0.39, 0.29) is 0 Å². The van der Waals surface area contributed by atoms with Crippen LogP contribution in [-0.2, 0) is 33.3 Å². The lowest BCUT2D eigenvalue weighted by Gasteiger charge is -2.44. The van der Waals surface area contributed by atoms with Crippen molar-refractivity contribution in [3.05, 3.63) is 0 Å². The first-order chi connectivity index (χ1) is 18.8. The molecule has 0 bridgehead atoms. The van der Waals surface area contributed by atoms with Gasteiger partial charge in [0.05, 0.1) is 19.8 Å². The largest absolute Gasteiger partial charge is 0.394 e. The van der Waals surface area contributed by atoms with Gasteiger partial charge in [0.25, 0.3) is 0 Å². The highest BCUT2D eigenvalue weighted by atomic mass is 16.7. The molecular weight excluding hydrogens is 548 g/mol. The van der Waals surface area contributed by atoms with Crippen LogP contribution in [0, 0.1) is 0 Å². The summed E-state index contributed by atoms with van der Waals surface area (Å²) in [6.07, 6.45) is -20.8. The molecule has 3 fully saturated rings. The zero-order chi connectivity index (χ0) is 29.9. The summed E-state index contributed by atoms with van der Waals surface area (Å²) in [6.45, 7) is -0.101. The Labute approximate surface area is 228 Å². The van der Waals surface area contributed by atoms with Crippen molar-refractivity contribution < 1.29 is 79.2 Å². The summed E-state index contributed by atoms with van der Waals surface area (Å²) in [5, 5.41) is 96.5. The lowest BCUT2D eigenvalue weighted by molar-refractivity contribution is -0.309. The number of hydrogen-bond acceptors (Lipinski definition) is 16. The molecule has 40 heavy (non-hydrogen) atoms. The summed E-state index contributed by atoms with van der Waals surface area (Å²) in [5.41, 5.74) is 0. The summed E-state index contributed by atoms with van der Waals surface area (Å²) in [6, 6.07) is -2.77. The smallest absolute Gasteiger partial charge is 0.217 e. The third kappa shape index (κ3) is 7.05. The van der Waals surface area contributed by atoms with Crippen molar-refractivity contribution in [2.24, 2.45) is 0 Å². The molecule has 0 aliphatic carbocycles. The van der Waals surface area contributed by atoms with Crippen LogP contribution in [0.5, 0.6) is 0 Å². The van der Waals surface area contributed by atoms with Crippen molar-refractivity contribution in [2.75, 3.05) is 19.8 Å². The van der Waals surface area contributed by atoms with E-state index in [1.807, 2.05) is 0 Å². The number of amides is 2. The van der Waals surface area contributed by atoms with Crippen molar-refractivity contribution in [3.8, 4) is 0 Å². The van der Waals surface area contributed by atoms with Crippen LogP contribution in [0.2, 0.25) is 0 Å². The van der Waals surface area contributed by atoms with Gasteiger partial charge in [-0.05, 0) is 0 Å². The predicted octanol–water partition coefficient (Wildman–Crippen LogP) is -7.29. The van der Waals surface area contributed by atoms with Crippen LogP contribution in [0.3, 0.4) is 0 Å². The minimum Gasteiger partial charge on any atom is -0.394 e. The van der Waals surface area contributed by atoms with Gasteiger partial charge < -0.3 is 80.3 Å². The fourth-order valence-electron chi connectivity index (χ4n) is 4.86. The number of carbonyl (C=O) groups is 2. The summed E-state index contributed by atoms with van der Waals surface area (Å²) >= 11 is 0. The number of nitrogens with one attached hydrogen (secondary N) is 2. The highest BCUT2D eigenvalue weighted by Crippen LogP contribution is 2.32. The lowest BCUT2D eigenvalue weighted by Crippen LogP contribution is -2.65. The molecule has 11 N–H and O–H groups in total. The van der Waals surface area contributed by atoms with Gasteiger partial charge in [-0.3, -0.25) is 9.59 Å². The lowest BCUT2D eigenvalue weighted by atomic mass is 9.96. The number of aliphatic hydroxyl groups excluding tert-OH is 9. The summed E-state index contributed by atoms with van der Waals surface area (Å²) in [7, 11) is 0. The molecule has 18 heteroatoms. The molecule has 3 saturated heterocycles. The molecule has 0 unspecified atom stereocenters. The van der Waals surface area contributed by atoms with Crippen LogP contribution in [0.4, 0.5) is 0 Å². The maximum Gasteiger partial charge on any atom is 0.217 e. The van der Waals surface area contributed by atoms with Crippen LogP contribution in [0.25, 0.3) is 0 Å². The van der Waals surface area contributed by atoms with Crippen molar-refractivity contribution in [3.63, 3.8) is 0 Å². The van der Waals surface area contributed by atoms with E-state index in [1.165, 1.54) is 0 Å². The van der Waals surface area contributed by atoms with Gasteiger partial charge >= 0.3 is 0 Å². The van der Waals surface area contributed by atoms with E-state index in [1.54, 1.807) is 0 Å². The third-order valence-corrected chi connectivity index (χ3v) is 6.90. The standard InChI is InChI=1S/C22H38N2O16/c1-6(28)23-11-15(32)13(30)8(3-25)37-21(11)38-10(5-27)18-16(33)17(34)22(39-18)40-19-12(24-7(2)29)20(35)36-9(4-26)14(19)31/h8-22,25-27,30-35H,3-5H2,1-2H3,(H,23,28)(H,24,29)/t8-,9-,10-,11-,12-,13-,14-,15-,16-,17-,18+,19-,20-,21+,22+/m1/s1. The van der Waals surface area contributed by atoms with Crippen LogP contribution >= 0.6 is 0 Å². The topological polar surface area (TPSA) is 286 Å². The van der Waals surface area contributed by atoms with Crippen LogP contribution in [-0.4, -0.2) is 170 Å². The second kappa shape index (κ2) is 14.0. The Balaban J connectivity index is 1.78. The Bertz CT molecular complexity index is 854. The van der Waals surface area contributed by atoms with E-state index in [4.69, 9.17) is 23.7 Å². The third-order valence-electron chi connectivity index (χ3n) is 6.90. The molecule has 0 aromatic heterocycles. The Morgan fingerprint density at radius 2 is 1.30 bits per heavy atom. The molecule has 3 aliphatic rings. The van der Waals surface area contributed by atoms with Crippen LogP contribution < -0.4 is 10.6 Å². The zero-order valence-corrected chi connectivity index (χ0v) is 21.7. The van der Waals surface area contributed by atoms with Crippen LogP contribution in [0.15, 0.2) is 0 Å². The molecule has 0 aromatic carbocycles. The van der Waals surface area contributed by atoms with E-state index < -0.39 is 124 Å². The van der Waals surface area contributed by atoms with E-state index >= 15 is 0 Å². The maximum absolute atomic E-state index is 11.7. The molecule has 3 rings (SSSR count). The summed E-state index contributed by atoms with van der Waals surface area (Å²) < 4.78 is 27.4. The fourth-order valence-corrected chi connectivity index (χ4v) is 4.86. The van der Waals surface area contributed by atoms with Crippen molar-refractivity contribution in [2.45, 2.75) is 106 Å². The molecule has 2 amide bonds. The molecule has 3 aliphatic heterocycles. The molecule has 3 heterocycles. The first kappa shape index (κ1) is 32.9. The molecule has 0 saturated carbocycles. The molecular formula is C22H38N2O16. The van der Waals surface area contributed by atoms with Crippen molar-refractivity contribution in [1.82, 2.24) is 10.6 Å². The SMILES string of the molecule is CC(=O)N[C@@H]1[C@@H](O[C@@H]2O[C@@H]([C@@H](CO)O[C@@H]3O[C@H](CO)[C@@H](O)[C@H](O)[C@H]3NC(C)=O)[C@H](O)[C@H]2O)[C@H](O)[C@@H](CO)O[C@H]1O. The first-order valence-corrected chi connectivity index (χ1v) is 12.6. The molecule has 15 atom stereocenters. The van der Waals surface area contributed by atoms with Gasteiger partial charge in [-0.2, -0.15) is 0 Å². The number of aliphatic hydroxyl groups is 9. The average molecular weight is 587 g/mol. The summed E-state index contributed by atoms with van der Waals surface area (Å²) in [4.78, 5) is 23.3. The molecule has 232 valence electrons. The van der Waals surface area contributed by atoms with Gasteiger partial charge in [0, 0.05) is 13.8 Å². The molecule has 18 nitrogen and oxygen atoms in total. The normalized spacial score (nSPS) is 44.7. The van der Waals surface area contributed by atoms with E-state index in [0.717, 1.165) is 13.8 Å². The number of rotatable bonds is 10.